The number of aromatic nitrogens is 3. The highest BCUT2D eigenvalue weighted by atomic mass is 32.2. The van der Waals surface area contributed by atoms with E-state index in [2.05, 4.69) is 20.6 Å². The number of para-hydroxylation sites is 1. The summed E-state index contributed by atoms with van der Waals surface area (Å²) in [5.41, 5.74) is 2.26. The van der Waals surface area contributed by atoms with Crippen molar-refractivity contribution in [2.45, 2.75) is 6.92 Å². The zero-order chi connectivity index (χ0) is 20.2. The third-order valence-corrected chi connectivity index (χ3v) is 4.92. The number of hydrogen-bond acceptors (Lipinski definition) is 6. The SMILES string of the molecule is CC(=O)Nc1ccc(/C=C2\SC(=Nn3cnnc3)N(c3ccccc3)C2=O)cc1. The van der Waals surface area contributed by atoms with Gasteiger partial charge in [-0.15, -0.1) is 15.3 Å². The number of benzene rings is 2. The van der Waals surface area contributed by atoms with Crippen LogP contribution in [0.2, 0.25) is 0 Å². The highest BCUT2D eigenvalue weighted by Gasteiger charge is 2.35. The summed E-state index contributed by atoms with van der Waals surface area (Å²) in [5.74, 6) is -0.301. The lowest BCUT2D eigenvalue weighted by Crippen LogP contribution is -2.29. The molecule has 144 valence electrons. The summed E-state index contributed by atoms with van der Waals surface area (Å²) >= 11 is 1.27. The summed E-state index contributed by atoms with van der Waals surface area (Å²) in [6.45, 7) is 1.46. The van der Waals surface area contributed by atoms with Gasteiger partial charge in [-0.3, -0.25) is 14.5 Å². The topological polar surface area (TPSA) is 92.5 Å². The second-order valence-corrected chi connectivity index (χ2v) is 7.12. The van der Waals surface area contributed by atoms with Gasteiger partial charge in [0.05, 0.1) is 10.6 Å². The quantitative estimate of drug-likeness (QED) is 0.674. The van der Waals surface area contributed by atoms with Crippen LogP contribution >= 0.6 is 11.8 Å². The Bertz CT molecular complexity index is 1090. The number of hydrogen-bond donors (Lipinski definition) is 1. The molecular formula is C20H16N6O2S. The lowest BCUT2D eigenvalue weighted by molar-refractivity contribution is -0.114. The summed E-state index contributed by atoms with van der Waals surface area (Å²) in [5, 5.41) is 15.2. The molecule has 0 spiro atoms. The molecule has 1 N–H and O–H groups in total. The van der Waals surface area contributed by atoms with Crippen LogP contribution < -0.4 is 10.2 Å². The number of carbonyl (C=O) groups excluding carboxylic acids is 2. The van der Waals surface area contributed by atoms with Crippen LogP contribution in [0.1, 0.15) is 12.5 Å². The van der Waals surface area contributed by atoms with Crippen LogP contribution in [0.3, 0.4) is 0 Å². The third-order valence-electron chi connectivity index (χ3n) is 3.96. The van der Waals surface area contributed by atoms with E-state index in [0.29, 0.717) is 15.8 Å². The van der Waals surface area contributed by atoms with Crippen molar-refractivity contribution in [3.05, 3.63) is 77.7 Å². The van der Waals surface area contributed by atoms with Gasteiger partial charge in [0.2, 0.25) is 11.1 Å². The lowest BCUT2D eigenvalue weighted by Gasteiger charge is -2.15. The lowest BCUT2D eigenvalue weighted by atomic mass is 10.2. The molecule has 2 aromatic carbocycles. The van der Waals surface area contributed by atoms with Crippen LogP contribution in [0.5, 0.6) is 0 Å². The van der Waals surface area contributed by atoms with E-state index in [1.54, 1.807) is 23.1 Å². The van der Waals surface area contributed by atoms with E-state index in [9.17, 15) is 9.59 Å². The Morgan fingerprint density at radius 1 is 1.07 bits per heavy atom. The fourth-order valence-corrected chi connectivity index (χ4v) is 3.69. The van der Waals surface area contributed by atoms with Crippen LogP contribution in [-0.4, -0.2) is 31.9 Å². The standard InChI is InChI=1S/C20H16N6O2S/c1-14(27)23-16-9-7-15(8-10-16)11-18-19(28)26(17-5-3-2-4-6-17)20(29-18)24-25-12-21-22-13-25/h2-13H,1H3,(H,23,27)/b18-11-,24-20?. The Balaban J connectivity index is 1.67. The molecule has 1 aromatic heterocycles. The molecule has 0 aliphatic carbocycles. The van der Waals surface area contributed by atoms with Crippen molar-refractivity contribution in [2.24, 2.45) is 5.10 Å². The maximum atomic E-state index is 13.1. The van der Waals surface area contributed by atoms with E-state index < -0.39 is 0 Å². The summed E-state index contributed by atoms with van der Waals surface area (Å²) in [7, 11) is 0. The predicted molar refractivity (Wildman–Crippen MR) is 113 cm³/mol. The van der Waals surface area contributed by atoms with Crippen LogP contribution in [0.25, 0.3) is 6.08 Å². The van der Waals surface area contributed by atoms with E-state index in [1.807, 2.05) is 42.5 Å². The van der Waals surface area contributed by atoms with Crippen molar-refractivity contribution >= 4 is 46.2 Å². The molecule has 1 saturated heterocycles. The predicted octanol–water partition coefficient (Wildman–Crippen LogP) is 3.18. The zero-order valence-corrected chi connectivity index (χ0v) is 16.2. The van der Waals surface area contributed by atoms with Gasteiger partial charge in [-0.05, 0) is 47.7 Å². The second kappa shape index (κ2) is 8.11. The zero-order valence-electron chi connectivity index (χ0n) is 15.4. The van der Waals surface area contributed by atoms with E-state index in [4.69, 9.17) is 0 Å². The van der Waals surface area contributed by atoms with Gasteiger partial charge in [-0.2, -0.15) is 0 Å². The van der Waals surface area contributed by atoms with E-state index in [0.717, 1.165) is 11.3 Å². The van der Waals surface area contributed by atoms with Gasteiger partial charge >= 0.3 is 0 Å². The van der Waals surface area contributed by atoms with Crippen LogP contribution in [0.4, 0.5) is 11.4 Å². The number of thioether (sulfide) groups is 1. The Labute approximate surface area is 170 Å². The van der Waals surface area contributed by atoms with Crippen molar-refractivity contribution in [3.8, 4) is 0 Å². The van der Waals surface area contributed by atoms with Crippen LogP contribution in [0, 0.1) is 0 Å². The maximum absolute atomic E-state index is 13.1. The molecule has 8 nitrogen and oxygen atoms in total. The first-order chi connectivity index (χ1) is 14.1. The molecule has 0 radical (unpaired) electrons. The van der Waals surface area contributed by atoms with Gasteiger partial charge in [0.15, 0.2) is 0 Å². The van der Waals surface area contributed by atoms with E-state index in [1.165, 1.54) is 36.0 Å². The minimum Gasteiger partial charge on any atom is -0.326 e. The van der Waals surface area contributed by atoms with Crippen LogP contribution in [0.15, 0.2) is 77.3 Å². The molecule has 29 heavy (non-hydrogen) atoms. The number of rotatable bonds is 4. The van der Waals surface area contributed by atoms with Gasteiger partial charge < -0.3 is 5.32 Å². The molecule has 1 aliphatic rings. The van der Waals surface area contributed by atoms with Crippen molar-refractivity contribution < 1.29 is 9.59 Å². The number of amides is 2. The van der Waals surface area contributed by atoms with Crippen molar-refractivity contribution in [1.82, 2.24) is 14.9 Å². The van der Waals surface area contributed by atoms with Crippen molar-refractivity contribution in [1.29, 1.82) is 0 Å². The number of nitrogens with one attached hydrogen (secondary N) is 1. The summed E-state index contributed by atoms with van der Waals surface area (Å²) in [6.07, 6.45) is 4.72. The Hall–Kier alpha value is -3.72. The third kappa shape index (κ3) is 4.25. The van der Waals surface area contributed by atoms with E-state index in [-0.39, 0.29) is 11.8 Å². The molecule has 2 amide bonds. The largest absolute Gasteiger partial charge is 0.326 e. The molecule has 4 rings (SSSR count). The minimum absolute atomic E-state index is 0.133. The number of nitrogens with zero attached hydrogens (tertiary/aromatic N) is 5. The van der Waals surface area contributed by atoms with Gasteiger partial charge in [-0.1, -0.05) is 30.3 Å². The highest BCUT2D eigenvalue weighted by Crippen LogP contribution is 2.36. The molecule has 1 aliphatic heterocycles. The molecule has 1 fully saturated rings. The fourth-order valence-electron chi connectivity index (χ4n) is 2.71. The van der Waals surface area contributed by atoms with Crippen LogP contribution in [-0.2, 0) is 9.59 Å². The molecule has 9 heteroatoms. The molecular weight excluding hydrogens is 388 g/mol. The van der Waals surface area contributed by atoms with E-state index >= 15 is 0 Å². The fraction of sp³-hybridized carbons (Fsp3) is 0.0500. The van der Waals surface area contributed by atoms with Crippen molar-refractivity contribution in [2.75, 3.05) is 10.2 Å². The molecule has 0 bridgehead atoms. The number of carbonyl (C=O) groups is 2. The summed E-state index contributed by atoms with van der Waals surface area (Å²) in [4.78, 5) is 26.4. The van der Waals surface area contributed by atoms with Gasteiger partial charge in [0.25, 0.3) is 5.91 Å². The highest BCUT2D eigenvalue weighted by molar-refractivity contribution is 8.19. The maximum Gasteiger partial charge on any atom is 0.271 e. The molecule has 0 saturated carbocycles. The average molecular weight is 404 g/mol. The first-order valence-electron chi connectivity index (χ1n) is 8.70. The van der Waals surface area contributed by atoms with Gasteiger partial charge in [0, 0.05) is 12.6 Å². The van der Waals surface area contributed by atoms with Gasteiger partial charge in [0.1, 0.15) is 12.7 Å². The first-order valence-corrected chi connectivity index (χ1v) is 9.52. The molecule has 0 atom stereocenters. The van der Waals surface area contributed by atoms with Gasteiger partial charge in [-0.25, -0.2) is 4.68 Å². The average Bonchev–Trinajstić information content (AvgIpc) is 3.32. The molecule has 0 unspecified atom stereocenters. The summed E-state index contributed by atoms with van der Waals surface area (Å²) in [6, 6.07) is 16.6. The minimum atomic E-state index is -0.168. The normalized spacial score (nSPS) is 16.6. The Kier molecular flexibility index (Phi) is 5.21. The first kappa shape index (κ1) is 18.6. The number of anilines is 2. The molecule has 3 aromatic rings. The second-order valence-electron chi connectivity index (χ2n) is 6.11. The number of amidine groups is 1. The van der Waals surface area contributed by atoms with Crippen molar-refractivity contribution in [3.63, 3.8) is 0 Å². The monoisotopic (exact) mass is 404 g/mol. The molecule has 2 heterocycles. The summed E-state index contributed by atoms with van der Waals surface area (Å²) < 4.78 is 1.46. The Morgan fingerprint density at radius 2 is 1.76 bits per heavy atom. The Morgan fingerprint density at radius 3 is 2.41 bits per heavy atom. The smallest absolute Gasteiger partial charge is 0.271 e.